The van der Waals surface area contributed by atoms with Crippen LogP contribution in [0.25, 0.3) is 6.08 Å². The summed E-state index contributed by atoms with van der Waals surface area (Å²) in [5.74, 6) is -0.650. The van der Waals surface area contributed by atoms with Gasteiger partial charge >= 0.3 is 11.9 Å². The molecule has 1 aromatic rings. The molecule has 1 heterocycles. The lowest BCUT2D eigenvalue weighted by Crippen LogP contribution is -2.47. The molecule has 8 nitrogen and oxygen atoms in total. The van der Waals surface area contributed by atoms with Crippen LogP contribution in [0.1, 0.15) is 25.8 Å². The predicted molar refractivity (Wildman–Crippen MR) is 96.0 cm³/mol. The lowest BCUT2D eigenvalue weighted by molar-refractivity contribution is -0.148. The van der Waals surface area contributed by atoms with Crippen molar-refractivity contribution in [2.24, 2.45) is 5.92 Å². The van der Waals surface area contributed by atoms with Gasteiger partial charge in [0, 0.05) is 6.08 Å². The quantitative estimate of drug-likeness (QED) is 0.543. The van der Waals surface area contributed by atoms with Gasteiger partial charge in [0.2, 0.25) is 6.79 Å². The molecule has 0 bridgehead atoms. The molecule has 1 N–H and O–H groups in total. The van der Waals surface area contributed by atoms with E-state index < -0.39 is 30.5 Å². The van der Waals surface area contributed by atoms with Crippen LogP contribution in [0, 0.1) is 5.92 Å². The van der Waals surface area contributed by atoms with Gasteiger partial charge in [0.15, 0.2) is 18.1 Å². The van der Waals surface area contributed by atoms with Crippen LogP contribution in [0.15, 0.2) is 24.3 Å². The van der Waals surface area contributed by atoms with Gasteiger partial charge in [-0.15, -0.1) is 0 Å². The predicted octanol–water partition coefficient (Wildman–Crippen LogP) is 1.68. The van der Waals surface area contributed by atoms with Crippen molar-refractivity contribution in [2.75, 3.05) is 20.5 Å². The summed E-state index contributed by atoms with van der Waals surface area (Å²) in [4.78, 5) is 35.5. The lowest BCUT2D eigenvalue weighted by atomic mass is 9.99. The van der Waals surface area contributed by atoms with E-state index in [0.717, 1.165) is 5.56 Å². The first kappa shape index (κ1) is 20.3. The van der Waals surface area contributed by atoms with Gasteiger partial charge < -0.3 is 24.3 Å². The van der Waals surface area contributed by atoms with Crippen LogP contribution < -0.4 is 14.8 Å². The monoisotopic (exact) mass is 377 g/mol. The Balaban J connectivity index is 1.83. The van der Waals surface area contributed by atoms with Crippen LogP contribution in [0.3, 0.4) is 0 Å². The summed E-state index contributed by atoms with van der Waals surface area (Å²) < 4.78 is 20.1. The average molecular weight is 377 g/mol. The van der Waals surface area contributed by atoms with Gasteiger partial charge in [0.1, 0.15) is 6.04 Å². The minimum atomic E-state index is -0.782. The minimum absolute atomic E-state index is 0.108. The van der Waals surface area contributed by atoms with Gasteiger partial charge in [-0.25, -0.2) is 9.59 Å². The van der Waals surface area contributed by atoms with E-state index in [0.29, 0.717) is 17.9 Å². The number of hydrogen-bond acceptors (Lipinski definition) is 7. The second-order valence-corrected chi connectivity index (χ2v) is 6.01. The number of benzene rings is 1. The average Bonchev–Trinajstić information content (AvgIpc) is 3.15. The van der Waals surface area contributed by atoms with E-state index in [1.54, 1.807) is 24.3 Å². The topological polar surface area (TPSA) is 100 Å². The molecule has 0 unspecified atom stereocenters. The summed E-state index contributed by atoms with van der Waals surface area (Å²) in [6.07, 6.45) is 3.42. The summed E-state index contributed by atoms with van der Waals surface area (Å²) >= 11 is 0. The Labute approximate surface area is 157 Å². The molecule has 0 spiro atoms. The highest BCUT2D eigenvalue weighted by Crippen LogP contribution is 2.32. The van der Waals surface area contributed by atoms with Gasteiger partial charge in [0.05, 0.1) is 7.11 Å². The molecule has 0 saturated heterocycles. The number of fused-ring (bicyclic) bond motifs is 1. The van der Waals surface area contributed by atoms with Crippen molar-refractivity contribution < 1.29 is 33.3 Å². The maximum atomic E-state index is 12.0. The van der Waals surface area contributed by atoms with E-state index in [1.807, 2.05) is 13.8 Å². The Hall–Kier alpha value is -3.03. The number of carbonyl (C=O) groups excluding carboxylic acids is 3. The number of ether oxygens (including phenoxy) is 4. The molecule has 1 aromatic carbocycles. The van der Waals surface area contributed by atoms with Crippen LogP contribution in [0.4, 0.5) is 0 Å². The van der Waals surface area contributed by atoms with Crippen molar-refractivity contribution in [3.63, 3.8) is 0 Å². The highest BCUT2D eigenvalue weighted by atomic mass is 16.7. The van der Waals surface area contributed by atoms with Crippen LogP contribution in [-0.2, 0) is 23.9 Å². The molecule has 27 heavy (non-hydrogen) atoms. The number of hydrogen-bond donors (Lipinski definition) is 1. The smallest absolute Gasteiger partial charge is 0.331 e. The number of nitrogens with one attached hydrogen (secondary N) is 1. The fraction of sp³-hybridized carbons (Fsp3) is 0.421. The van der Waals surface area contributed by atoms with E-state index in [2.05, 4.69) is 10.1 Å². The number of esters is 2. The Kier molecular flexibility index (Phi) is 7.22. The Morgan fingerprint density at radius 2 is 2.00 bits per heavy atom. The maximum Gasteiger partial charge on any atom is 0.331 e. The zero-order chi connectivity index (χ0) is 19.8. The number of rotatable bonds is 8. The van der Waals surface area contributed by atoms with E-state index in [4.69, 9.17) is 14.2 Å². The first-order chi connectivity index (χ1) is 12.9. The van der Waals surface area contributed by atoms with E-state index >= 15 is 0 Å². The first-order valence-electron chi connectivity index (χ1n) is 8.56. The fourth-order valence-electron chi connectivity index (χ4n) is 2.38. The molecule has 0 saturated carbocycles. The molecule has 1 aliphatic rings. The Morgan fingerprint density at radius 3 is 2.70 bits per heavy atom. The molecule has 8 heteroatoms. The first-order valence-corrected chi connectivity index (χ1v) is 8.56. The van der Waals surface area contributed by atoms with Crippen molar-refractivity contribution >= 4 is 23.9 Å². The highest BCUT2D eigenvalue weighted by molar-refractivity contribution is 5.90. The lowest BCUT2D eigenvalue weighted by Gasteiger charge is -2.21. The van der Waals surface area contributed by atoms with E-state index in [9.17, 15) is 14.4 Å². The van der Waals surface area contributed by atoms with Crippen LogP contribution in [0.5, 0.6) is 11.5 Å². The summed E-state index contributed by atoms with van der Waals surface area (Å²) in [6.45, 7) is 3.40. The minimum Gasteiger partial charge on any atom is -0.467 e. The third-order valence-corrected chi connectivity index (χ3v) is 4.14. The molecule has 1 aliphatic heterocycles. The Morgan fingerprint density at radius 1 is 1.26 bits per heavy atom. The molecule has 146 valence electrons. The molecule has 0 aliphatic carbocycles. The highest BCUT2D eigenvalue weighted by Gasteiger charge is 2.26. The van der Waals surface area contributed by atoms with Crippen LogP contribution in [-0.4, -0.2) is 44.4 Å². The SMILES string of the molecule is CC[C@@H](C)[C@@H](NC(=O)COC(=O)/C=C/c1ccc2c(c1)OCO2)C(=O)OC. The van der Waals surface area contributed by atoms with Crippen LogP contribution >= 0.6 is 0 Å². The molecule has 0 aromatic heterocycles. The molecule has 2 atom stereocenters. The number of methoxy groups -OCH3 is 1. The standard InChI is InChI=1S/C19H23NO7/c1-4-12(2)18(19(23)24-3)20-16(21)10-25-17(22)8-6-13-5-7-14-15(9-13)27-11-26-14/h5-9,12,18H,4,10-11H2,1-3H3,(H,20,21)/b8-6+/t12-,18-/m1/s1. The maximum absolute atomic E-state index is 12.0. The van der Waals surface area contributed by atoms with Gasteiger partial charge in [-0.05, 0) is 29.7 Å². The van der Waals surface area contributed by atoms with Gasteiger partial charge in [-0.1, -0.05) is 26.3 Å². The van der Waals surface area contributed by atoms with Crippen molar-refractivity contribution in [3.8, 4) is 11.5 Å². The normalized spacial score (nSPS) is 14.5. The zero-order valence-electron chi connectivity index (χ0n) is 15.5. The molecule has 0 radical (unpaired) electrons. The molecular formula is C19H23NO7. The van der Waals surface area contributed by atoms with Crippen molar-refractivity contribution in [2.45, 2.75) is 26.3 Å². The van der Waals surface area contributed by atoms with E-state index in [-0.39, 0.29) is 12.7 Å². The molecule has 2 rings (SSSR count). The van der Waals surface area contributed by atoms with Crippen molar-refractivity contribution in [3.05, 3.63) is 29.8 Å². The Bertz CT molecular complexity index is 729. The number of amides is 1. The fourth-order valence-corrected chi connectivity index (χ4v) is 2.38. The zero-order valence-corrected chi connectivity index (χ0v) is 15.5. The molecular weight excluding hydrogens is 354 g/mol. The molecule has 1 amide bonds. The number of carbonyl (C=O) groups is 3. The summed E-state index contributed by atoms with van der Waals surface area (Å²) in [5, 5.41) is 2.53. The third-order valence-electron chi connectivity index (χ3n) is 4.14. The van der Waals surface area contributed by atoms with Gasteiger partial charge in [-0.2, -0.15) is 0 Å². The van der Waals surface area contributed by atoms with Crippen LogP contribution in [0.2, 0.25) is 0 Å². The van der Waals surface area contributed by atoms with Crippen molar-refractivity contribution in [1.29, 1.82) is 0 Å². The summed E-state index contributed by atoms with van der Waals surface area (Å²) in [5.41, 5.74) is 0.725. The third kappa shape index (κ3) is 5.73. The van der Waals surface area contributed by atoms with Crippen molar-refractivity contribution in [1.82, 2.24) is 5.32 Å². The summed E-state index contributed by atoms with van der Waals surface area (Å²) in [7, 11) is 1.25. The second kappa shape index (κ2) is 9.61. The molecule has 0 fully saturated rings. The largest absolute Gasteiger partial charge is 0.467 e. The second-order valence-electron chi connectivity index (χ2n) is 6.01. The summed E-state index contributed by atoms with van der Waals surface area (Å²) in [6, 6.07) is 4.45. The van der Waals surface area contributed by atoms with Gasteiger partial charge in [-0.3, -0.25) is 4.79 Å². The van der Waals surface area contributed by atoms with E-state index in [1.165, 1.54) is 13.2 Å². The van der Waals surface area contributed by atoms with Gasteiger partial charge in [0.25, 0.3) is 5.91 Å².